The number of nitrogens with zero attached hydrogens (tertiary/aromatic N) is 2. The molecule has 0 atom stereocenters. The van der Waals surface area contributed by atoms with Crippen LogP contribution in [0.2, 0.25) is 0 Å². The number of carbonyl (C=O) groups excluding carboxylic acids is 1. The molecule has 0 aliphatic carbocycles. The lowest BCUT2D eigenvalue weighted by atomic mass is 10.1. The molecule has 0 saturated carbocycles. The van der Waals surface area contributed by atoms with Gasteiger partial charge in [-0.3, -0.25) is 4.79 Å². The summed E-state index contributed by atoms with van der Waals surface area (Å²) in [5, 5.41) is 7.29. The number of carbonyl (C=O) groups is 1. The summed E-state index contributed by atoms with van der Waals surface area (Å²) < 4.78 is 4.98. The van der Waals surface area contributed by atoms with Crippen molar-refractivity contribution in [2.75, 3.05) is 0 Å². The fraction of sp³-hybridized carbons (Fsp3) is 0. The molecular formula is C9H6N2O2. The summed E-state index contributed by atoms with van der Waals surface area (Å²) in [6.45, 7) is 0. The highest BCUT2D eigenvalue weighted by atomic mass is 16.4. The zero-order valence-electron chi connectivity index (χ0n) is 6.68. The zero-order chi connectivity index (χ0) is 9.10. The quantitative estimate of drug-likeness (QED) is 0.648. The minimum atomic E-state index is 0.456. The van der Waals surface area contributed by atoms with Crippen LogP contribution < -0.4 is 0 Å². The van der Waals surface area contributed by atoms with Gasteiger partial charge in [-0.1, -0.05) is 12.1 Å². The third kappa shape index (κ3) is 1.46. The molecule has 13 heavy (non-hydrogen) atoms. The first-order valence-corrected chi connectivity index (χ1v) is 3.72. The van der Waals surface area contributed by atoms with Crippen LogP contribution in [0.4, 0.5) is 0 Å². The lowest BCUT2D eigenvalue weighted by Gasteiger charge is -1.93. The monoisotopic (exact) mass is 174 g/mol. The fourth-order valence-electron chi connectivity index (χ4n) is 1.00. The van der Waals surface area contributed by atoms with Crippen LogP contribution in [0.25, 0.3) is 11.5 Å². The van der Waals surface area contributed by atoms with E-state index in [-0.39, 0.29) is 0 Å². The highest BCUT2D eigenvalue weighted by Gasteiger charge is 2.01. The van der Waals surface area contributed by atoms with Crippen LogP contribution >= 0.6 is 0 Å². The predicted octanol–water partition coefficient (Wildman–Crippen LogP) is 1.55. The Morgan fingerprint density at radius 1 is 1.23 bits per heavy atom. The molecule has 0 radical (unpaired) electrons. The molecule has 0 N–H and O–H groups in total. The van der Waals surface area contributed by atoms with Crippen molar-refractivity contribution >= 4 is 6.29 Å². The lowest BCUT2D eigenvalue weighted by Crippen LogP contribution is -1.81. The predicted molar refractivity (Wildman–Crippen MR) is 45.1 cm³/mol. The zero-order valence-corrected chi connectivity index (χ0v) is 6.68. The summed E-state index contributed by atoms with van der Waals surface area (Å²) >= 11 is 0. The van der Waals surface area contributed by atoms with Crippen molar-refractivity contribution in [2.45, 2.75) is 0 Å². The number of hydrogen-bond acceptors (Lipinski definition) is 4. The van der Waals surface area contributed by atoms with Crippen molar-refractivity contribution in [3.05, 3.63) is 36.2 Å². The third-order valence-corrected chi connectivity index (χ3v) is 1.65. The number of aldehydes is 1. The SMILES string of the molecule is O=Cc1ccc(-c2nnco2)cc1. The van der Waals surface area contributed by atoms with Gasteiger partial charge in [0.25, 0.3) is 0 Å². The van der Waals surface area contributed by atoms with E-state index < -0.39 is 0 Å². The molecule has 0 amide bonds. The van der Waals surface area contributed by atoms with Crippen LogP contribution in [0.15, 0.2) is 35.1 Å². The molecule has 0 unspecified atom stereocenters. The average molecular weight is 174 g/mol. The highest BCUT2D eigenvalue weighted by molar-refractivity contribution is 5.75. The Morgan fingerprint density at radius 3 is 2.54 bits per heavy atom. The summed E-state index contributed by atoms with van der Waals surface area (Å²) in [5.74, 6) is 0.456. The van der Waals surface area contributed by atoms with E-state index in [1.54, 1.807) is 24.3 Å². The van der Waals surface area contributed by atoms with Crippen LogP contribution in [-0.4, -0.2) is 16.5 Å². The Hall–Kier alpha value is -1.97. The van der Waals surface area contributed by atoms with Gasteiger partial charge in [-0.15, -0.1) is 10.2 Å². The van der Waals surface area contributed by atoms with Gasteiger partial charge in [0.15, 0.2) is 0 Å². The number of aromatic nitrogens is 2. The van der Waals surface area contributed by atoms with Gasteiger partial charge < -0.3 is 4.42 Å². The Balaban J connectivity index is 2.38. The van der Waals surface area contributed by atoms with Gasteiger partial charge in [-0.05, 0) is 12.1 Å². The van der Waals surface area contributed by atoms with E-state index in [1.165, 1.54) is 6.39 Å². The normalized spacial score (nSPS) is 9.85. The highest BCUT2D eigenvalue weighted by Crippen LogP contribution is 2.15. The van der Waals surface area contributed by atoms with Crippen molar-refractivity contribution in [2.24, 2.45) is 0 Å². The molecule has 64 valence electrons. The van der Waals surface area contributed by atoms with Gasteiger partial charge >= 0.3 is 0 Å². The first kappa shape index (κ1) is 7.67. The largest absolute Gasteiger partial charge is 0.423 e. The van der Waals surface area contributed by atoms with Gasteiger partial charge in [0.1, 0.15) is 6.29 Å². The maximum atomic E-state index is 10.4. The molecule has 4 nitrogen and oxygen atoms in total. The fourth-order valence-corrected chi connectivity index (χ4v) is 1.00. The molecule has 0 fully saturated rings. The van der Waals surface area contributed by atoms with Gasteiger partial charge in [-0.25, -0.2) is 0 Å². The molecule has 0 saturated heterocycles. The van der Waals surface area contributed by atoms with E-state index in [0.717, 1.165) is 11.8 Å². The molecule has 0 bridgehead atoms. The van der Waals surface area contributed by atoms with Gasteiger partial charge in [0.05, 0.1) is 0 Å². The Morgan fingerprint density at radius 2 is 2.00 bits per heavy atom. The molecule has 1 aromatic carbocycles. The summed E-state index contributed by atoms with van der Waals surface area (Å²) in [7, 11) is 0. The molecule has 1 heterocycles. The van der Waals surface area contributed by atoms with Crippen LogP contribution in [0, 0.1) is 0 Å². The molecular weight excluding hydrogens is 168 g/mol. The Bertz CT molecular complexity index is 392. The molecule has 1 aromatic heterocycles. The van der Waals surface area contributed by atoms with Crippen molar-refractivity contribution in [3.63, 3.8) is 0 Å². The minimum absolute atomic E-state index is 0.456. The van der Waals surface area contributed by atoms with E-state index in [4.69, 9.17) is 4.42 Å². The third-order valence-electron chi connectivity index (χ3n) is 1.65. The number of hydrogen-bond donors (Lipinski definition) is 0. The molecule has 0 spiro atoms. The Kier molecular flexibility index (Phi) is 1.88. The van der Waals surface area contributed by atoms with E-state index in [9.17, 15) is 4.79 Å². The van der Waals surface area contributed by atoms with Crippen LogP contribution in [0.3, 0.4) is 0 Å². The van der Waals surface area contributed by atoms with Gasteiger partial charge in [0.2, 0.25) is 12.3 Å². The Labute approximate surface area is 74.2 Å². The number of rotatable bonds is 2. The second-order valence-corrected chi connectivity index (χ2v) is 2.48. The van der Waals surface area contributed by atoms with E-state index in [1.807, 2.05) is 0 Å². The standard InChI is InChI=1S/C9H6N2O2/c12-5-7-1-3-8(4-2-7)9-11-10-6-13-9/h1-6H. The van der Waals surface area contributed by atoms with Crippen LogP contribution in [0.5, 0.6) is 0 Å². The van der Waals surface area contributed by atoms with Crippen molar-refractivity contribution < 1.29 is 9.21 Å². The second kappa shape index (κ2) is 3.18. The molecule has 2 rings (SSSR count). The topological polar surface area (TPSA) is 56.0 Å². The van der Waals surface area contributed by atoms with Crippen LogP contribution in [-0.2, 0) is 0 Å². The molecule has 2 aromatic rings. The smallest absolute Gasteiger partial charge is 0.247 e. The van der Waals surface area contributed by atoms with Crippen LogP contribution in [0.1, 0.15) is 10.4 Å². The van der Waals surface area contributed by atoms with E-state index in [2.05, 4.69) is 10.2 Å². The first-order valence-electron chi connectivity index (χ1n) is 3.72. The van der Waals surface area contributed by atoms with Crippen molar-refractivity contribution in [1.29, 1.82) is 0 Å². The molecule has 0 aliphatic rings. The maximum Gasteiger partial charge on any atom is 0.247 e. The average Bonchev–Trinajstić information content (AvgIpc) is 2.71. The maximum absolute atomic E-state index is 10.4. The second-order valence-electron chi connectivity index (χ2n) is 2.48. The first-order chi connectivity index (χ1) is 6.40. The van der Waals surface area contributed by atoms with Gasteiger partial charge in [-0.2, -0.15) is 0 Å². The minimum Gasteiger partial charge on any atom is -0.423 e. The summed E-state index contributed by atoms with van der Waals surface area (Å²) in [4.78, 5) is 10.4. The summed E-state index contributed by atoms with van der Waals surface area (Å²) in [6, 6.07) is 6.92. The molecule has 0 aliphatic heterocycles. The van der Waals surface area contributed by atoms with Gasteiger partial charge in [0, 0.05) is 11.1 Å². The molecule has 4 heteroatoms. The van der Waals surface area contributed by atoms with Crippen molar-refractivity contribution in [3.8, 4) is 11.5 Å². The van der Waals surface area contributed by atoms with E-state index >= 15 is 0 Å². The summed E-state index contributed by atoms with van der Waals surface area (Å²) in [5.41, 5.74) is 1.44. The van der Waals surface area contributed by atoms with Crippen molar-refractivity contribution in [1.82, 2.24) is 10.2 Å². The number of benzene rings is 1. The van der Waals surface area contributed by atoms with E-state index in [0.29, 0.717) is 11.5 Å². The summed E-state index contributed by atoms with van der Waals surface area (Å²) in [6.07, 6.45) is 2.06. The lowest BCUT2D eigenvalue weighted by molar-refractivity contribution is 0.112.